The normalized spacial score (nSPS) is 14.9. The van der Waals surface area contributed by atoms with Gasteiger partial charge in [0.1, 0.15) is 30.2 Å². The Morgan fingerprint density at radius 1 is 1.23 bits per heavy atom. The number of aliphatic carboxylic acids is 1. The molecule has 1 aliphatic rings. The number of aromatic hydroxyl groups is 1. The van der Waals surface area contributed by atoms with Gasteiger partial charge in [-0.1, -0.05) is 18.2 Å². The zero-order valence-electron chi connectivity index (χ0n) is 15.9. The second-order valence-electron chi connectivity index (χ2n) is 6.73. The Labute approximate surface area is 175 Å². The lowest BCUT2D eigenvalue weighted by Gasteiger charge is -2.29. The number of benzene rings is 2. The molecule has 0 bridgehead atoms. The molecule has 0 saturated heterocycles. The Morgan fingerprint density at radius 2 is 1.97 bits per heavy atom. The number of carboxylic acids is 1. The zero-order valence-corrected chi connectivity index (χ0v) is 16.7. The molecule has 0 saturated carbocycles. The minimum atomic E-state index is -1.26. The maximum Gasteiger partial charge on any atom is 0.322 e. The summed E-state index contributed by atoms with van der Waals surface area (Å²) in [4.78, 5) is 37.8. The van der Waals surface area contributed by atoms with Crippen LogP contribution in [-0.4, -0.2) is 46.1 Å². The van der Waals surface area contributed by atoms with E-state index in [1.807, 2.05) is 30.5 Å². The lowest BCUT2D eigenvalue weighted by molar-refractivity contribution is -0.135. The number of carbonyl (C=O) groups is 2. The third-order valence-electron chi connectivity index (χ3n) is 5.00. The first-order chi connectivity index (χ1) is 14.4. The molecule has 1 atom stereocenters. The molecule has 3 N–H and O–H groups in total. The Morgan fingerprint density at radius 3 is 2.63 bits per heavy atom. The van der Waals surface area contributed by atoms with E-state index in [-0.39, 0.29) is 12.0 Å². The van der Waals surface area contributed by atoms with E-state index in [0.717, 1.165) is 10.5 Å². The van der Waals surface area contributed by atoms with Gasteiger partial charge in [-0.25, -0.2) is 0 Å². The van der Waals surface area contributed by atoms with Crippen LogP contribution in [0, 0.1) is 0 Å². The van der Waals surface area contributed by atoms with Crippen LogP contribution in [0.2, 0.25) is 0 Å². The number of amides is 1. The van der Waals surface area contributed by atoms with E-state index in [1.54, 1.807) is 30.0 Å². The molecule has 1 unspecified atom stereocenters. The number of pyridine rings is 1. The topological polar surface area (TPSA) is 118 Å². The largest absolute Gasteiger partial charge is 0.506 e. The van der Waals surface area contributed by atoms with Crippen molar-refractivity contribution in [2.45, 2.75) is 10.9 Å². The van der Waals surface area contributed by atoms with Crippen molar-refractivity contribution in [1.82, 2.24) is 9.88 Å². The summed E-state index contributed by atoms with van der Waals surface area (Å²) in [5.74, 6) is -2.28. The highest BCUT2D eigenvalue weighted by Crippen LogP contribution is 2.38. The Balaban J connectivity index is 1.94. The van der Waals surface area contributed by atoms with Crippen molar-refractivity contribution >= 4 is 34.5 Å². The first kappa shape index (κ1) is 19.8. The number of nitrogens with one attached hydrogen (secondary N) is 1. The third-order valence-corrected chi connectivity index (χ3v) is 5.74. The molecule has 0 aliphatic carbocycles. The zero-order chi connectivity index (χ0) is 21.4. The molecule has 0 spiro atoms. The predicted octanol–water partition coefficient (Wildman–Crippen LogP) is 2.23. The van der Waals surface area contributed by atoms with Crippen LogP contribution in [0.5, 0.6) is 11.5 Å². The molecule has 4 rings (SSSR count). The van der Waals surface area contributed by atoms with Gasteiger partial charge < -0.3 is 20.3 Å². The van der Waals surface area contributed by atoms with Gasteiger partial charge in [-0.15, -0.1) is 11.8 Å². The lowest BCUT2D eigenvalue weighted by atomic mass is 10.0. The van der Waals surface area contributed by atoms with Crippen LogP contribution < -0.4 is 15.6 Å². The molecule has 30 heavy (non-hydrogen) atoms. The summed E-state index contributed by atoms with van der Waals surface area (Å²) in [5.41, 5.74) is -0.000574. The third kappa shape index (κ3) is 3.26. The average molecular weight is 426 g/mol. The molecular formula is C21H18N2O6S. The van der Waals surface area contributed by atoms with E-state index in [4.69, 9.17) is 9.84 Å². The summed E-state index contributed by atoms with van der Waals surface area (Å²) in [6.45, 7) is -0.496. The van der Waals surface area contributed by atoms with Crippen molar-refractivity contribution in [3.05, 3.63) is 63.9 Å². The lowest BCUT2D eigenvalue weighted by Crippen LogP contribution is -2.39. The number of rotatable bonds is 5. The Bertz CT molecular complexity index is 1220. The van der Waals surface area contributed by atoms with Gasteiger partial charge in [-0.2, -0.15) is 0 Å². The van der Waals surface area contributed by atoms with Crippen LogP contribution in [0.3, 0.4) is 0 Å². The second kappa shape index (κ2) is 7.75. The van der Waals surface area contributed by atoms with E-state index in [1.165, 1.54) is 4.57 Å². The molecule has 2 aromatic carbocycles. The number of para-hydroxylation sites is 1. The van der Waals surface area contributed by atoms with Gasteiger partial charge in [-0.05, 0) is 36.1 Å². The summed E-state index contributed by atoms with van der Waals surface area (Å²) in [5, 5.41) is 21.9. The van der Waals surface area contributed by atoms with E-state index in [9.17, 15) is 19.5 Å². The monoisotopic (exact) mass is 426 g/mol. The van der Waals surface area contributed by atoms with E-state index in [2.05, 4.69) is 5.32 Å². The van der Waals surface area contributed by atoms with Gasteiger partial charge in [0.05, 0.1) is 11.6 Å². The molecule has 2 heterocycles. The first-order valence-electron chi connectivity index (χ1n) is 9.09. The number of nitrogens with zero attached hydrogens (tertiary/aromatic N) is 1. The van der Waals surface area contributed by atoms with Crippen molar-refractivity contribution in [3.8, 4) is 11.5 Å². The number of hydrogen-bond acceptors (Lipinski definition) is 6. The number of thioether (sulfide) groups is 1. The summed E-state index contributed by atoms with van der Waals surface area (Å²) in [6, 6.07) is 12.1. The highest BCUT2D eigenvalue weighted by Gasteiger charge is 2.31. The minimum Gasteiger partial charge on any atom is -0.506 e. The number of carbonyl (C=O) groups excluding carboxylic acids is 1. The highest BCUT2D eigenvalue weighted by molar-refractivity contribution is 7.98. The summed E-state index contributed by atoms with van der Waals surface area (Å²) >= 11 is 1.59. The molecule has 0 radical (unpaired) electrons. The molecule has 1 amide bonds. The van der Waals surface area contributed by atoms with Crippen LogP contribution in [0.4, 0.5) is 0 Å². The van der Waals surface area contributed by atoms with Crippen molar-refractivity contribution in [2.24, 2.45) is 0 Å². The smallest absolute Gasteiger partial charge is 0.322 e. The Kier molecular flexibility index (Phi) is 5.13. The SMILES string of the molecule is CSc1ccc(C2COc3cccc4c(O)c(C(=O)NCC(=O)O)c(=O)n2c34)cc1. The van der Waals surface area contributed by atoms with Gasteiger partial charge in [0, 0.05) is 10.3 Å². The van der Waals surface area contributed by atoms with E-state index < -0.39 is 41.3 Å². The molecule has 0 fully saturated rings. The van der Waals surface area contributed by atoms with Crippen molar-refractivity contribution in [2.75, 3.05) is 19.4 Å². The standard InChI is InChI=1S/C21H18N2O6S/c1-30-12-7-5-11(6-8-12)14-10-29-15-4-2-3-13-18(15)23(14)21(28)17(19(13)26)20(27)22-9-16(24)25/h2-8,14,26H,9-10H2,1H3,(H,22,27)(H,24,25). The molecule has 3 aromatic rings. The molecule has 1 aromatic heterocycles. The molecule has 1 aliphatic heterocycles. The number of ether oxygens (including phenoxy) is 1. The van der Waals surface area contributed by atoms with Gasteiger partial charge in [0.25, 0.3) is 11.5 Å². The fourth-order valence-corrected chi connectivity index (χ4v) is 4.01. The van der Waals surface area contributed by atoms with Crippen molar-refractivity contribution in [1.29, 1.82) is 0 Å². The van der Waals surface area contributed by atoms with Gasteiger partial charge in [0.2, 0.25) is 0 Å². The summed E-state index contributed by atoms with van der Waals surface area (Å²) < 4.78 is 7.30. The van der Waals surface area contributed by atoms with Gasteiger partial charge in [0.15, 0.2) is 0 Å². The number of hydrogen-bond donors (Lipinski definition) is 3. The van der Waals surface area contributed by atoms with Crippen molar-refractivity contribution < 1.29 is 24.5 Å². The minimum absolute atomic E-state index is 0.172. The number of aromatic nitrogens is 1. The molecule has 154 valence electrons. The van der Waals surface area contributed by atoms with Crippen LogP contribution in [0.15, 0.2) is 52.2 Å². The van der Waals surface area contributed by atoms with Crippen LogP contribution >= 0.6 is 11.8 Å². The summed E-state index contributed by atoms with van der Waals surface area (Å²) in [7, 11) is 0. The maximum absolute atomic E-state index is 13.3. The van der Waals surface area contributed by atoms with E-state index >= 15 is 0 Å². The van der Waals surface area contributed by atoms with Crippen LogP contribution in [0.25, 0.3) is 10.9 Å². The molecular weight excluding hydrogens is 408 g/mol. The highest BCUT2D eigenvalue weighted by atomic mass is 32.2. The van der Waals surface area contributed by atoms with Gasteiger partial charge in [-0.3, -0.25) is 19.0 Å². The summed E-state index contributed by atoms with van der Waals surface area (Å²) in [6.07, 6.45) is 1.96. The average Bonchev–Trinajstić information content (AvgIpc) is 2.75. The van der Waals surface area contributed by atoms with Crippen molar-refractivity contribution in [3.63, 3.8) is 0 Å². The quantitative estimate of drug-likeness (QED) is 0.536. The second-order valence-corrected chi connectivity index (χ2v) is 7.61. The molecule has 8 nitrogen and oxygen atoms in total. The predicted molar refractivity (Wildman–Crippen MR) is 112 cm³/mol. The Hall–Kier alpha value is -3.46. The fraction of sp³-hybridized carbons (Fsp3) is 0.190. The van der Waals surface area contributed by atoms with E-state index in [0.29, 0.717) is 11.3 Å². The van der Waals surface area contributed by atoms with Crippen LogP contribution in [0.1, 0.15) is 22.0 Å². The van der Waals surface area contributed by atoms with Crippen LogP contribution in [-0.2, 0) is 4.79 Å². The fourth-order valence-electron chi connectivity index (χ4n) is 3.60. The molecule has 9 heteroatoms. The van der Waals surface area contributed by atoms with Gasteiger partial charge >= 0.3 is 5.97 Å². The first-order valence-corrected chi connectivity index (χ1v) is 10.3. The maximum atomic E-state index is 13.3. The number of carboxylic acid groups (broad SMARTS) is 1.